The second-order valence-corrected chi connectivity index (χ2v) is 5.82. The Kier molecular flexibility index (Phi) is 3.41. The molecule has 0 spiro atoms. The number of pyridine rings is 1. The highest BCUT2D eigenvalue weighted by Gasteiger charge is 2.35. The first kappa shape index (κ1) is 14.0. The smallest absolute Gasteiger partial charge is 0.252 e. The molecule has 3 heterocycles. The average Bonchev–Trinajstić information content (AvgIpc) is 2.85. The quantitative estimate of drug-likeness (QED) is 0.629. The zero-order chi connectivity index (χ0) is 15.1. The van der Waals surface area contributed by atoms with Crippen LogP contribution in [0.2, 0.25) is 0 Å². The van der Waals surface area contributed by atoms with Gasteiger partial charge in [0.25, 0.3) is 5.91 Å². The minimum Gasteiger partial charge on any atom is -0.314 e. The summed E-state index contributed by atoms with van der Waals surface area (Å²) in [6.07, 6.45) is 4.11. The van der Waals surface area contributed by atoms with Gasteiger partial charge < -0.3 is 4.57 Å². The first-order chi connectivity index (χ1) is 10.0. The van der Waals surface area contributed by atoms with Crippen LogP contribution in [-0.4, -0.2) is 38.3 Å². The number of fused-ring (bicyclic) bond motifs is 1. The number of piperidine rings is 1. The van der Waals surface area contributed by atoms with E-state index in [9.17, 15) is 9.59 Å². The maximum Gasteiger partial charge on any atom is 0.252 e. The Hall–Kier alpha value is -1.95. The molecule has 0 aromatic carbocycles. The first-order valence-electron chi connectivity index (χ1n) is 6.77. The van der Waals surface area contributed by atoms with Crippen molar-refractivity contribution in [3.8, 4) is 0 Å². The summed E-state index contributed by atoms with van der Waals surface area (Å²) in [5, 5.41) is -0.340. The minimum atomic E-state index is -0.448. The molecule has 1 aliphatic rings. The van der Waals surface area contributed by atoms with Crippen LogP contribution in [0.4, 0.5) is 0 Å². The van der Waals surface area contributed by atoms with Crippen molar-refractivity contribution in [2.75, 3.05) is 7.05 Å². The number of amides is 2. The highest BCUT2D eigenvalue weighted by atomic mass is 35.5. The molecule has 1 saturated heterocycles. The maximum atomic E-state index is 12.5. The topological polar surface area (TPSA) is 68.1 Å². The van der Waals surface area contributed by atoms with E-state index in [1.807, 2.05) is 17.6 Å². The van der Waals surface area contributed by atoms with Gasteiger partial charge in [-0.05, 0) is 19.4 Å². The van der Waals surface area contributed by atoms with E-state index in [0.29, 0.717) is 24.2 Å². The Labute approximate surface area is 126 Å². The van der Waals surface area contributed by atoms with Gasteiger partial charge in [-0.2, -0.15) is 0 Å². The number of hydrogen-bond donors (Lipinski definition) is 0. The monoisotopic (exact) mass is 306 g/mol. The van der Waals surface area contributed by atoms with Crippen molar-refractivity contribution in [1.82, 2.24) is 19.4 Å². The molecule has 110 valence electrons. The molecule has 2 aromatic heterocycles. The third-order valence-corrected chi connectivity index (χ3v) is 4.00. The highest BCUT2D eigenvalue weighted by Crippen LogP contribution is 2.32. The molecule has 2 amide bonds. The number of alkyl halides is 1. The van der Waals surface area contributed by atoms with Gasteiger partial charge in [0.05, 0.1) is 17.1 Å². The van der Waals surface area contributed by atoms with Crippen LogP contribution in [0.5, 0.6) is 0 Å². The minimum absolute atomic E-state index is 0.150. The third-order valence-electron chi connectivity index (χ3n) is 3.81. The predicted octanol–water partition coefficient (Wildman–Crippen LogP) is 2.05. The van der Waals surface area contributed by atoms with Gasteiger partial charge in [-0.25, -0.2) is 4.98 Å². The lowest BCUT2D eigenvalue weighted by Gasteiger charge is -2.30. The molecule has 7 heteroatoms. The second-order valence-electron chi connectivity index (χ2n) is 5.17. The fraction of sp³-hybridized carbons (Fsp3) is 0.429. The summed E-state index contributed by atoms with van der Waals surface area (Å²) in [5.74, 6) is 0.254. The van der Waals surface area contributed by atoms with Gasteiger partial charge in [0.2, 0.25) is 5.91 Å². The third kappa shape index (κ3) is 2.19. The standard InChI is InChI=1S/C14H15ClN4O2/c1-8(15)13-17-9-7-16-6-5-10(9)19(13)11-3-4-12(20)18(2)14(11)21/h5-8,11H,3-4H2,1-2H3. The largest absolute Gasteiger partial charge is 0.314 e. The van der Waals surface area contributed by atoms with Crippen LogP contribution in [0, 0.1) is 0 Å². The molecule has 0 saturated carbocycles. The maximum absolute atomic E-state index is 12.5. The van der Waals surface area contributed by atoms with E-state index in [2.05, 4.69) is 9.97 Å². The summed E-state index contributed by atoms with van der Waals surface area (Å²) in [5.41, 5.74) is 1.51. The molecule has 2 unspecified atom stereocenters. The Balaban J connectivity index is 2.17. The summed E-state index contributed by atoms with van der Waals surface area (Å²) < 4.78 is 1.85. The first-order valence-corrected chi connectivity index (χ1v) is 7.20. The zero-order valence-electron chi connectivity index (χ0n) is 11.8. The number of hydrogen-bond acceptors (Lipinski definition) is 4. The molecule has 1 aliphatic heterocycles. The van der Waals surface area contributed by atoms with Crippen molar-refractivity contribution >= 4 is 34.4 Å². The zero-order valence-corrected chi connectivity index (χ0v) is 12.5. The van der Waals surface area contributed by atoms with Crippen LogP contribution in [0.15, 0.2) is 18.5 Å². The van der Waals surface area contributed by atoms with E-state index in [1.165, 1.54) is 11.9 Å². The Bertz CT molecular complexity index is 725. The molecule has 6 nitrogen and oxygen atoms in total. The van der Waals surface area contributed by atoms with Crippen LogP contribution in [0.3, 0.4) is 0 Å². The molecule has 2 aromatic rings. The van der Waals surface area contributed by atoms with Crippen LogP contribution >= 0.6 is 11.6 Å². The van der Waals surface area contributed by atoms with E-state index in [0.717, 1.165) is 5.52 Å². The lowest BCUT2D eigenvalue weighted by atomic mass is 10.0. The fourth-order valence-electron chi connectivity index (χ4n) is 2.71. The van der Waals surface area contributed by atoms with Crippen molar-refractivity contribution in [1.29, 1.82) is 0 Å². The molecular weight excluding hydrogens is 292 g/mol. The number of carbonyl (C=O) groups is 2. The number of rotatable bonds is 2. The summed E-state index contributed by atoms with van der Waals surface area (Å²) >= 11 is 6.22. The van der Waals surface area contributed by atoms with Gasteiger partial charge >= 0.3 is 0 Å². The lowest BCUT2D eigenvalue weighted by molar-refractivity contribution is -0.149. The van der Waals surface area contributed by atoms with Crippen molar-refractivity contribution < 1.29 is 9.59 Å². The van der Waals surface area contributed by atoms with Crippen LogP contribution in [0.25, 0.3) is 11.0 Å². The molecule has 0 N–H and O–H groups in total. The molecule has 0 bridgehead atoms. The van der Waals surface area contributed by atoms with E-state index in [4.69, 9.17) is 11.6 Å². The van der Waals surface area contributed by atoms with E-state index >= 15 is 0 Å². The molecule has 21 heavy (non-hydrogen) atoms. The number of imide groups is 1. The van der Waals surface area contributed by atoms with Gasteiger partial charge in [0.15, 0.2) is 0 Å². The summed E-state index contributed by atoms with van der Waals surface area (Å²) in [6.45, 7) is 1.81. The van der Waals surface area contributed by atoms with E-state index < -0.39 is 6.04 Å². The van der Waals surface area contributed by atoms with Gasteiger partial charge in [-0.1, -0.05) is 0 Å². The normalized spacial score (nSPS) is 21.1. The second kappa shape index (κ2) is 5.11. The number of halogens is 1. The molecule has 1 fully saturated rings. The van der Waals surface area contributed by atoms with Crippen molar-refractivity contribution in [3.05, 3.63) is 24.3 Å². The Morgan fingerprint density at radius 3 is 2.90 bits per heavy atom. The van der Waals surface area contributed by atoms with Crippen molar-refractivity contribution in [2.45, 2.75) is 31.2 Å². The van der Waals surface area contributed by atoms with Gasteiger partial charge in [-0.15, -0.1) is 11.6 Å². The number of nitrogens with zero attached hydrogens (tertiary/aromatic N) is 4. The average molecular weight is 307 g/mol. The molecule has 2 atom stereocenters. The summed E-state index contributed by atoms with van der Waals surface area (Å²) in [4.78, 5) is 33.8. The summed E-state index contributed by atoms with van der Waals surface area (Å²) in [7, 11) is 1.52. The van der Waals surface area contributed by atoms with Gasteiger partial charge in [0.1, 0.15) is 17.4 Å². The number of likely N-dealkylation sites (tertiary alicyclic amines) is 1. The predicted molar refractivity (Wildman–Crippen MR) is 77.8 cm³/mol. The van der Waals surface area contributed by atoms with Crippen molar-refractivity contribution in [3.63, 3.8) is 0 Å². The highest BCUT2D eigenvalue weighted by molar-refractivity contribution is 6.20. The number of imidazole rings is 1. The Morgan fingerprint density at radius 1 is 1.43 bits per heavy atom. The molecule has 0 aliphatic carbocycles. The van der Waals surface area contributed by atoms with E-state index in [-0.39, 0.29) is 17.2 Å². The molecular formula is C14H15ClN4O2. The molecule has 0 radical (unpaired) electrons. The number of likely N-dealkylation sites (N-methyl/N-ethyl adjacent to an activating group) is 1. The molecule has 3 rings (SSSR count). The summed E-state index contributed by atoms with van der Waals surface area (Å²) in [6, 6.07) is 1.37. The number of aromatic nitrogens is 3. The lowest BCUT2D eigenvalue weighted by Crippen LogP contribution is -2.43. The van der Waals surface area contributed by atoms with Crippen molar-refractivity contribution in [2.24, 2.45) is 0 Å². The number of carbonyl (C=O) groups excluding carboxylic acids is 2. The van der Waals surface area contributed by atoms with Gasteiger partial charge in [0, 0.05) is 19.7 Å². The van der Waals surface area contributed by atoms with E-state index in [1.54, 1.807) is 12.4 Å². The van der Waals surface area contributed by atoms with Crippen LogP contribution in [-0.2, 0) is 9.59 Å². The van der Waals surface area contributed by atoms with Crippen LogP contribution < -0.4 is 0 Å². The fourth-order valence-corrected chi connectivity index (χ4v) is 2.87. The Morgan fingerprint density at radius 2 is 2.19 bits per heavy atom. The van der Waals surface area contributed by atoms with Crippen LogP contribution in [0.1, 0.15) is 37.0 Å². The van der Waals surface area contributed by atoms with Gasteiger partial charge in [-0.3, -0.25) is 19.5 Å². The SMILES string of the molecule is CC(Cl)c1nc2cnccc2n1C1CCC(=O)N(C)C1=O.